The molecule has 2 aromatic rings. The largest absolute Gasteiger partial charge is 0.456 e. The Labute approximate surface area is 124 Å². The summed E-state index contributed by atoms with van der Waals surface area (Å²) >= 11 is 6.30. The molecule has 3 rings (SSSR count). The zero-order chi connectivity index (χ0) is 13.9. The highest BCUT2D eigenvalue weighted by molar-refractivity contribution is 6.32. The molecular formula is C17H18ClNO. The van der Waals surface area contributed by atoms with E-state index in [2.05, 4.69) is 11.4 Å². The van der Waals surface area contributed by atoms with Crippen LogP contribution in [0.3, 0.4) is 0 Å². The number of halogens is 1. The van der Waals surface area contributed by atoms with E-state index in [9.17, 15) is 0 Å². The highest BCUT2D eigenvalue weighted by Gasteiger charge is 2.20. The maximum atomic E-state index is 6.30. The third-order valence-electron chi connectivity index (χ3n) is 3.39. The van der Waals surface area contributed by atoms with Gasteiger partial charge >= 0.3 is 0 Å². The molecule has 1 fully saturated rings. The molecule has 0 aliphatic heterocycles. The fraction of sp³-hybridized carbons (Fsp3) is 0.294. The van der Waals surface area contributed by atoms with E-state index >= 15 is 0 Å². The predicted octanol–water partition coefficient (Wildman–Crippen LogP) is 4.69. The zero-order valence-electron chi connectivity index (χ0n) is 11.5. The van der Waals surface area contributed by atoms with Crippen molar-refractivity contribution in [2.24, 2.45) is 0 Å². The van der Waals surface area contributed by atoms with Gasteiger partial charge < -0.3 is 10.1 Å². The minimum Gasteiger partial charge on any atom is -0.456 e. The first-order valence-electron chi connectivity index (χ1n) is 6.97. The molecule has 0 bridgehead atoms. The summed E-state index contributed by atoms with van der Waals surface area (Å²) in [6.07, 6.45) is 2.59. The van der Waals surface area contributed by atoms with E-state index in [0.29, 0.717) is 16.8 Å². The summed E-state index contributed by atoms with van der Waals surface area (Å²) < 4.78 is 5.83. The van der Waals surface area contributed by atoms with E-state index in [0.717, 1.165) is 12.3 Å². The van der Waals surface area contributed by atoms with Crippen molar-refractivity contribution >= 4 is 11.6 Å². The SMILES string of the molecule is Cc1cccc(Oc2ccc(CNC3CC3)cc2Cl)c1. The average Bonchev–Trinajstić information content (AvgIpc) is 3.23. The number of hydrogen-bond acceptors (Lipinski definition) is 2. The van der Waals surface area contributed by atoms with Crippen LogP contribution in [0.5, 0.6) is 11.5 Å². The first kappa shape index (κ1) is 13.5. The molecular weight excluding hydrogens is 270 g/mol. The molecule has 0 atom stereocenters. The van der Waals surface area contributed by atoms with Crippen LogP contribution in [-0.2, 0) is 6.54 Å². The first-order valence-corrected chi connectivity index (χ1v) is 7.35. The molecule has 1 saturated carbocycles. The third kappa shape index (κ3) is 3.53. The average molecular weight is 288 g/mol. The Morgan fingerprint density at radius 1 is 1.20 bits per heavy atom. The summed E-state index contributed by atoms with van der Waals surface area (Å²) in [6.45, 7) is 2.91. The predicted molar refractivity (Wildman–Crippen MR) is 82.6 cm³/mol. The van der Waals surface area contributed by atoms with Gasteiger partial charge in [-0.05, 0) is 55.2 Å². The summed E-state index contributed by atoms with van der Waals surface area (Å²) in [7, 11) is 0. The molecule has 2 aromatic carbocycles. The fourth-order valence-electron chi connectivity index (χ4n) is 2.09. The Balaban J connectivity index is 1.69. The van der Waals surface area contributed by atoms with E-state index < -0.39 is 0 Å². The zero-order valence-corrected chi connectivity index (χ0v) is 12.3. The summed E-state index contributed by atoms with van der Waals surface area (Å²) in [4.78, 5) is 0. The van der Waals surface area contributed by atoms with Crippen molar-refractivity contribution in [3.8, 4) is 11.5 Å². The van der Waals surface area contributed by atoms with Crippen molar-refractivity contribution in [3.05, 3.63) is 58.6 Å². The van der Waals surface area contributed by atoms with E-state index in [1.54, 1.807) is 0 Å². The van der Waals surface area contributed by atoms with Crippen molar-refractivity contribution in [1.82, 2.24) is 5.32 Å². The lowest BCUT2D eigenvalue weighted by molar-refractivity contribution is 0.482. The lowest BCUT2D eigenvalue weighted by Crippen LogP contribution is -2.15. The van der Waals surface area contributed by atoms with Crippen molar-refractivity contribution in [3.63, 3.8) is 0 Å². The van der Waals surface area contributed by atoms with Crippen LogP contribution in [0.2, 0.25) is 5.02 Å². The first-order chi connectivity index (χ1) is 9.70. The molecule has 1 aliphatic rings. The highest BCUT2D eigenvalue weighted by atomic mass is 35.5. The molecule has 0 unspecified atom stereocenters. The van der Waals surface area contributed by atoms with E-state index in [4.69, 9.17) is 16.3 Å². The van der Waals surface area contributed by atoms with Gasteiger partial charge in [0, 0.05) is 12.6 Å². The second-order valence-electron chi connectivity index (χ2n) is 5.34. The molecule has 20 heavy (non-hydrogen) atoms. The molecule has 0 amide bonds. The molecule has 2 nitrogen and oxygen atoms in total. The number of ether oxygens (including phenoxy) is 1. The molecule has 0 radical (unpaired) electrons. The van der Waals surface area contributed by atoms with Gasteiger partial charge in [0.05, 0.1) is 5.02 Å². The lowest BCUT2D eigenvalue weighted by Gasteiger charge is -2.10. The van der Waals surface area contributed by atoms with Crippen LogP contribution < -0.4 is 10.1 Å². The Morgan fingerprint density at radius 2 is 2.05 bits per heavy atom. The Kier molecular flexibility index (Phi) is 3.95. The number of nitrogens with one attached hydrogen (secondary N) is 1. The lowest BCUT2D eigenvalue weighted by atomic mass is 10.2. The molecule has 0 heterocycles. The maximum absolute atomic E-state index is 6.30. The van der Waals surface area contributed by atoms with Gasteiger partial charge in [0.15, 0.2) is 0 Å². The monoisotopic (exact) mass is 287 g/mol. The van der Waals surface area contributed by atoms with Gasteiger partial charge in [-0.2, -0.15) is 0 Å². The summed E-state index contributed by atoms with van der Waals surface area (Å²) in [5.41, 5.74) is 2.36. The van der Waals surface area contributed by atoms with Gasteiger partial charge in [-0.3, -0.25) is 0 Å². The Hall–Kier alpha value is -1.51. The minimum absolute atomic E-state index is 0.654. The van der Waals surface area contributed by atoms with E-state index in [-0.39, 0.29) is 0 Å². The second-order valence-corrected chi connectivity index (χ2v) is 5.75. The van der Waals surface area contributed by atoms with Gasteiger partial charge in [-0.15, -0.1) is 0 Å². The number of benzene rings is 2. The van der Waals surface area contributed by atoms with Gasteiger partial charge in [-0.25, -0.2) is 0 Å². The number of hydrogen-bond donors (Lipinski definition) is 1. The number of aryl methyl sites for hydroxylation is 1. The fourth-order valence-corrected chi connectivity index (χ4v) is 2.33. The van der Waals surface area contributed by atoms with Gasteiger partial charge in [-0.1, -0.05) is 29.8 Å². The Morgan fingerprint density at radius 3 is 2.75 bits per heavy atom. The summed E-state index contributed by atoms with van der Waals surface area (Å²) in [6, 6.07) is 14.6. The summed E-state index contributed by atoms with van der Waals surface area (Å²) in [5, 5.41) is 4.13. The molecule has 1 aliphatic carbocycles. The van der Waals surface area contributed by atoms with Crippen LogP contribution in [0.15, 0.2) is 42.5 Å². The van der Waals surface area contributed by atoms with Crippen molar-refractivity contribution < 1.29 is 4.74 Å². The van der Waals surface area contributed by atoms with Crippen LogP contribution in [0.1, 0.15) is 24.0 Å². The summed E-state index contributed by atoms with van der Waals surface area (Å²) in [5.74, 6) is 1.52. The van der Waals surface area contributed by atoms with Crippen LogP contribution in [-0.4, -0.2) is 6.04 Å². The molecule has 0 saturated heterocycles. The molecule has 104 valence electrons. The van der Waals surface area contributed by atoms with Gasteiger partial charge in [0.1, 0.15) is 11.5 Å². The van der Waals surface area contributed by atoms with Gasteiger partial charge in [0.25, 0.3) is 0 Å². The van der Waals surface area contributed by atoms with Crippen LogP contribution in [0.4, 0.5) is 0 Å². The van der Waals surface area contributed by atoms with Crippen molar-refractivity contribution in [2.75, 3.05) is 0 Å². The minimum atomic E-state index is 0.654. The smallest absolute Gasteiger partial charge is 0.146 e. The number of rotatable bonds is 5. The van der Waals surface area contributed by atoms with E-state index in [1.807, 2.05) is 43.3 Å². The molecule has 0 spiro atoms. The highest BCUT2D eigenvalue weighted by Crippen LogP contribution is 2.30. The normalized spacial score (nSPS) is 14.3. The van der Waals surface area contributed by atoms with Crippen LogP contribution >= 0.6 is 11.6 Å². The topological polar surface area (TPSA) is 21.3 Å². The second kappa shape index (κ2) is 5.86. The van der Waals surface area contributed by atoms with Crippen molar-refractivity contribution in [1.29, 1.82) is 0 Å². The maximum Gasteiger partial charge on any atom is 0.146 e. The Bertz CT molecular complexity index is 608. The van der Waals surface area contributed by atoms with E-state index in [1.165, 1.54) is 24.0 Å². The molecule has 0 aromatic heterocycles. The quantitative estimate of drug-likeness (QED) is 0.861. The molecule has 3 heteroatoms. The molecule has 1 N–H and O–H groups in total. The standard InChI is InChI=1S/C17H18ClNO/c1-12-3-2-4-15(9-12)20-17-8-5-13(10-16(17)18)11-19-14-6-7-14/h2-5,8-10,14,19H,6-7,11H2,1H3. The van der Waals surface area contributed by atoms with Crippen LogP contribution in [0.25, 0.3) is 0 Å². The van der Waals surface area contributed by atoms with Crippen molar-refractivity contribution in [2.45, 2.75) is 32.4 Å². The van der Waals surface area contributed by atoms with Gasteiger partial charge in [0.2, 0.25) is 0 Å². The van der Waals surface area contributed by atoms with Crippen LogP contribution in [0, 0.1) is 6.92 Å². The third-order valence-corrected chi connectivity index (χ3v) is 3.68.